The van der Waals surface area contributed by atoms with Crippen LogP contribution in [0.15, 0.2) is 30.9 Å². The minimum atomic E-state index is -0.346. The maximum absolute atomic E-state index is 10.6. The van der Waals surface area contributed by atoms with Gasteiger partial charge in [-0.2, -0.15) is 5.10 Å². The lowest BCUT2D eigenvalue weighted by molar-refractivity contribution is -0.122. The van der Waals surface area contributed by atoms with E-state index in [4.69, 9.17) is 19.4 Å². The Hall–Kier alpha value is -2.49. The van der Waals surface area contributed by atoms with Crippen molar-refractivity contribution in [1.82, 2.24) is 19.7 Å². The molecule has 1 saturated heterocycles. The molecule has 1 saturated carbocycles. The number of benzene rings is 1. The summed E-state index contributed by atoms with van der Waals surface area (Å²) < 4.78 is 12.9. The monoisotopic (exact) mass is 432 g/mol. The summed E-state index contributed by atoms with van der Waals surface area (Å²) >= 11 is 0. The minimum Gasteiger partial charge on any atom is -0.496 e. The number of aliphatic hydroxyl groups excluding tert-OH is 1. The lowest BCUT2D eigenvalue weighted by Gasteiger charge is -2.35. The molecule has 170 valence electrons. The molecular weight excluding hydrogens is 400 g/mol. The van der Waals surface area contributed by atoms with Crippen LogP contribution in [0.5, 0.6) is 5.75 Å². The number of ether oxygens (including phenoxy) is 2. The van der Waals surface area contributed by atoms with E-state index < -0.39 is 0 Å². The van der Waals surface area contributed by atoms with Gasteiger partial charge in [-0.05, 0) is 49.3 Å². The highest BCUT2D eigenvalue weighted by molar-refractivity contribution is 5.37. The normalized spacial score (nSPS) is 25.4. The van der Waals surface area contributed by atoms with Crippen molar-refractivity contribution in [2.45, 2.75) is 45.1 Å². The molecule has 2 aromatic rings. The molecule has 1 aromatic carbocycles. The van der Waals surface area contributed by atoms with Gasteiger partial charge in [0.25, 0.3) is 6.47 Å². The Balaban J connectivity index is 0.000000858. The summed E-state index contributed by atoms with van der Waals surface area (Å²) in [6, 6.07) is 6.42. The molecule has 1 aliphatic carbocycles. The van der Waals surface area contributed by atoms with Crippen molar-refractivity contribution in [2.75, 3.05) is 26.8 Å². The molecular formula is C22H32N4O5. The lowest BCUT2D eigenvalue weighted by atomic mass is 9.77. The van der Waals surface area contributed by atoms with Crippen molar-refractivity contribution in [3.8, 4) is 5.75 Å². The predicted molar refractivity (Wildman–Crippen MR) is 114 cm³/mol. The van der Waals surface area contributed by atoms with Gasteiger partial charge in [0.2, 0.25) is 0 Å². The van der Waals surface area contributed by atoms with Gasteiger partial charge in [0, 0.05) is 31.8 Å². The third-order valence-corrected chi connectivity index (χ3v) is 6.17. The first-order valence-electron chi connectivity index (χ1n) is 10.6. The Bertz CT molecular complexity index is 816. The first-order chi connectivity index (χ1) is 15.1. The molecule has 1 aliphatic heterocycles. The van der Waals surface area contributed by atoms with E-state index in [9.17, 15) is 5.11 Å². The number of methoxy groups -OCH3 is 1. The van der Waals surface area contributed by atoms with E-state index in [1.165, 1.54) is 5.56 Å². The summed E-state index contributed by atoms with van der Waals surface area (Å²) in [7, 11) is 1.70. The van der Waals surface area contributed by atoms with Crippen molar-refractivity contribution in [3.63, 3.8) is 0 Å². The molecule has 2 aliphatic rings. The van der Waals surface area contributed by atoms with Crippen LogP contribution in [-0.4, -0.2) is 69.3 Å². The number of hydrogen-bond acceptors (Lipinski definition) is 7. The van der Waals surface area contributed by atoms with Gasteiger partial charge in [0.1, 0.15) is 18.4 Å². The van der Waals surface area contributed by atoms with Gasteiger partial charge in [0.05, 0.1) is 25.9 Å². The summed E-state index contributed by atoms with van der Waals surface area (Å²) in [5.74, 6) is 2.03. The first-order valence-corrected chi connectivity index (χ1v) is 10.6. The summed E-state index contributed by atoms with van der Waals surface area (Å²) in [4.78, 5) is 14.9. The van der Waals surface area contributed by atoms with Crippen LogP contribution in [0, 0.1) is 11.8 Å². The standard InChI is InChI=1S/C21H30N4O3.CH2O2/c1-3-28-12-18-6-15(4-5-21(18)27-2)9-24-10-16-7-19(25-14-22-13-23-25)20(26)8-17(16)11-24;2-1-3/h4-6,13-14,16-17,19-20,26H,3,7-12H2,1-2H3;1H,(H,2,3)/t16-,17+,19-,20-;/m1./s1. The average Bonchev–Trinajstić information content (AvgIpc) is 3.41. The molecule has 0 bridgehead atoms. The second-order valence-corrected chi connectivity index (χ2v) is 8.08. The van der Waals surface area contributed by atoms with E-state index >= 15 is 0 Å². The highest BCUT2D eigenvalue weighted by atomic mass is 16.5. The fourth-order valence-electron chi connectivity index (χ4n) is 4.82. The van der Waals surface area contributed by atoms with Gasteiger partial charge in [-0.1, -0.05) is 6.07 Å². The molecule has 2 heterocycles. The van der Waals surface area contributed by atoms with Crippen LogP contribution in [0.4, 0.5) is 0 Å². The van der Waals surface area contributed by atoms with E-state index in [1.807, 2.05) is 17.7 Å². The molecule has 31 heavy (non-hydrogen) atoms. The number of aromatic nitrogens is 3. The van der Waals surface area contributed by atoms with Gasteiger partial charge in [0.15, 0.2) is 0 Å². The molecule has 0 radical (unpaired) electrons. The quantitative estimate of drug-likeness (QED) is 0.639. The van der Waals surface area contributed by atoms with Crippen LogP contribution in [0.25, 0.3) is 0 Å². The van der Waals surface area contributed by atoms with Gasteiger partial charge >= 0.3 is 0 Å². The fraction of sp³-hybridized carbons (Fsp3) is 0.591. The zero-order chi connectivity index (χ0) is 22.2. The molecule has 2 fully saturated rings. The third kappa shape index (κ3) is 5.81. The molecule has 0 amide bonds. The number of hydrogen-bond donors (Lipinski definition) is 2. The maximum Gasteiger partial charge on any atom is 0.290 e. The van der Waals surface area contributed by atoms with Gasteiger partial charge in [-0.15, -0.1) is 0 Å². The number of fused-ring (bicyclic) bond motifs is 1. The number of aliphatic hydroxyl groups is 1. The SMILES string of the molecule is CCOCc1cc(CN2C[C@H]3C[C@@H](n4cncn4)[C@H](O)C[C@H]3C2)ccc1OC.O=CO. The van der Waals surface area contributed by atoms with Crippen LogP contribution in [0.3, 0.4) is 0 Å². The molecule has 2 N–H and O–H groups in total. The van der Waals surface area contributed by atoms with Gasteiger partial charge < -0.3 is 19.7 Å². The molecule has 4 atom stereocenters. The first kappa shape index (κ1) is 23.2. The highest BCUT2D eigenvalue weighted by Gasteiger charge is 2.42. The van der Waals surface area contributed by atoms with Crippen LogP contribution in [0.2, 0.25) is 0 Å². The van der Waals surface area contributed by atoms with Crippen LogP contribution >= 0.6 is 0 Å². The smallest absolute Gasteiger partial charge is 0.290 e. The summed E-state index contributed by atoms with van der Waals surface area (Å²) in [5, 5.41) is 21.7. The minimum absolute atomic E-state index is 0.0440. The van der Waals surface area contributed by atoms with E-state index in [0.717, 1.165) is 43.8 Å². The zero-order valence-electron chi connectivity index (χ0n) is 18.1. The Kier molecular flexibility index (Phi) is 8.39. The van der Waals surface area contributed by atoms with E-state index in [1.54, 1.807) is 19.8 Å². The van der Waals surface area contributed by atoms with Crippen molar-refractivity contribution < 1.29 is 24.5 Å². The highest BCUT2D eigenvalue weighted by Crippen LogP contribution is 2.41. The Labute approximate surface area is 182 Å². The topological polar surface area (TPSA) is 110 Å². The number of carbonyl (C=O) groups is 1. The van der Waals surface area contributed by atoms with Crippen LogP contribution < -0.4 is 4.74 Å². The Morgan fingerprint density at radius 3 is 2.65 bits per heavy atom. The zero-order valence-corrected chi connectivity index (χ0v) is 18.1. The second-order valence-electron chi connectivity index (χ2n) is 8.08. The number of carboxylic acid groups (broad SMARTS) is 1. The summed E-state index contributed by atoms with van der Waals surface area (Å²) in [5.41, 5.74) is 2.38. The Morgan fingerprint density at radius 1 is 1.26 bits per heavy atom. The molecule has 4 rings (SSSR count). The average molecular weight is 433 g/mol. The summed E-state index contributed by atoms with van der Waals surface area (Å²) in [6.45, 7) is 6.04. The van der Waals surface area contributed by atoms with E-state index in [0.29, 0.717) is 25.0 Å². The van der Waals surface area contributed by atoms with Crippen molar-refractivity contribution in [1.29, 1.82) is 0 Å². The van der Waals surface area contributed by atoms with Crippen LogP contribution in [0.1, 0.15) is 36.9 Å². The Morgan fingerprint density at radius 2 is 2.00 bits per heavy atom. The van der Waals surface area contributed by atoms with E-state index in [-0.39, 0.29) is 18.6 Å². The number of nitrogens with zero attached hydrogens (tertiary/aromatic N) is 4. The molecule has 1 aromatic heterocycles. The molecule has 0 spiro atoms. The predicted octanol–water partition coefficient (Wildman–Crippen LogP) is 1.97. The molecule has 0 unspecified atom stereocenters. The molecule has 9 nitrogen and oxygen atoms in total. The maximum atomic E-state index is 10.6. The second kappa shape index (κ2) is 11.2. The fourth-order valence-corrected chi connectivity index (χ4v) is 4.82. The lowest BCUT2D eigenvalue weighted by Crippen LogP contribution is -2.36. The van der Waals surface area contributed by atoms with E-state index in [2.05, 4.69) is 27.1 Å². The van der Waals surface area contributed by atoms with Gasteiger partial charge in [-0.3, -0.25) is 9.69 Å². The van der Waals surface area contributed by atoms with Crippen molar-refractivity contribution in [3.05, 3.63) is 42.0 Å². The third-order valence-electron chi connectivity index (χ3n) is 6.17. The van der Waals surface area contributed by atoms with Crippen molar-refractivity contribution in [2.24, 2.45) is 11.8 Å². The number of rotatable bonds is 7. The van der Waals surface area contributed by atoms with Crippen LogP contribution in [-0.2, 0) is 22.7 Å². The summed E-state index contributed by atoms with van der Waals surface area (Å²) in [6.07, 6.45) is 4.72. The van der Waals surface area contributed by atoms with Crippen molar-refractivity contribution >= 4 is 6.47 Å². The number of likely N-dealkylation sites (tertiary alicyclic amines) is 1. The van der Waals surface area contributed by atoms with Gasteiger partial charge in [-0.25, -0.2) is 9.67 Å². The molecule has 9 heteroatoms. The largest absolute Gasteiger partial charge is 0.496 e.